The topological polar surface area (TPSA) is 42.0 Å². The Kier molecular flexibility index (Phi) is 4.15. The van der Waals surface area contributed by atoms with Crippen LogP contribution < -0.4 is 5.32 Å². The van der Waals surface area contributed by atoms with E-state index in [1.807, 2.05) is 60.8 Å². The van der Waals surface area contributed by atoms with Gasteiger partial charge in [-0.15, -0.1) is 0 Å². The van der Waals surface area contributed by atoms with Crippen molar-refractivity contribution in [3.05, 3.63) is 72.6 Å². The Labute approximate surface area is 136 Å². The SMILES string of the molecule is O=C(Nc1ccc2cnccc2c1)[C@H](I)c1ccccc1. The normalized spacial score (nSPS) is 12.0. The van der Waals surface area contributed by atoms with Crippen molar-refractivity contribution in [3.63, 3.8) is 0 Å². The lowest BCUT2D eigenvalue weighted by atomic mass is 10.1. The fourth-order valence-corrected chi connectivity index (χ4v) is 2.71. The van der Waals surface area contributed by atoms with Gasteiger partial charge < -0.3 is 5.32 Å². The first kappa shape index (κ1) is 14.0. The average molecular weight is 388 g/mol. The molecule has 1 heterocycles. The number of rotatable bonds is 3. The summed E-state index contributed by atoms with van der Waals surface area (Å²) in [5.41, 5.74) is 1.80. The Morgan fingerprint density at radius 2 is 1.86 bits per heavy atom. The Hall–Kier alpha value is -1.95. The van der Waals surface area contributed by atoms with Gasteiger partial charge in [-0.1, -0.05) is 59.0 Å². The molecule has 0 spiro atoms. The van der Waals surface area contributed by atoms with Crippen LogP contribution in [0.15, 0.2) is 67.0 Å². The molecule has 0 saturated carbocycles. The monoisotopic (exact) mass is 388 g/mol. The van der Waals surface area contributed by atoms with Gasteiger partial charge >= 0.3 is 0 Å². The number of nitrogens with one attached hydrogen (secondary N) is 1. The molecule has 1 N–H and O–H groups in total. The van der Waals surface area contributed by atoms with Crippen molar-refractivity contribution in [2.75, 3.05) is 5.32 Å². The van der Waals surface area contributed by atoms with Crippen LogP contribution in [0.5, 0.6) is 0 Å². The minimum atomic E-state index is -0.211. The van der Waals surface area contributed by atoms with Crippen molar-refractivity contribution < 1.29 is 4.79 Å². The molecule has 3 rings (SSSR count). The molecule has 0 aliphatic rings. The number of hydrogen-bond acceptors (Lipinski definition) is 2. The molecule has 1 aromatic heterocycles. The zero-order valence-corrected chi connectivity index (χ0v) is 13.3. The third-order valence-corrected chi connectivity index (χ3v) is 4.52. The van der Waals surface area contributed by atoms with Gasteiger partial charge in [-0.3, -0.25) is 9.78 Å². The van der Waals surface area contributed by atoms with Crippen LogP contribution in [0.2, 0.25) is 0 Å². The van der Waals surface area contributed by atoms with Crippen molar-refractivity contribution >= 4 is 45.0 Å². The van der Waals surface area contributed by atoms with E-state index in [4.69, 9.17) is 0 Å². The summed E-state index contributed by atoms with van der Waals surface area (Å²) in [7, 11) is 0. The number of carbonyl (C=O) groups is 1. The third kappa shape index (κ3) is 3.21. The zero-order valence-electron chi connectivity index (χ0n) is 11.2. The Bertz CT molecular complexity index is 774. The van der Waals surface area contributed by atoms with Gasteiger partial charge in [0.05, 0.1) is 0 Å². The van der Waals surface area contributed by atoms with Crippen molar-refractivity contribution in [2.24, 2.45) is 0 Å². The number of alkyl halides is 1. The molecule has 0 saturated heterocycles. The maximum atomic E-state index is 12.3. The van der Waals surface area contributed by atoms with E-state index in [-0.39, 0.29) is 9.83 Å². The van der Waals surface area contributed by atoms with Gasteiger partial charge in [0.1, 0.15) is 3.92 Å². The van der Waals surface area contributed by atoms with E-state index in [0.29, 0.717) is 0 Å². The molecular formula is C17H13IN2O. The molecule has 0 bridgehead atoms. The fourth-order valence-electron chi connectivity index (χ4n) is 2.14. The number of pyridine rings is 1. The van der Waals surface area contributed by atoms with Crippen LogP contribution in [0.25, 0.3) is 10.8 Å². The van der Waals surface area contributed by atoms with E-state index in [0.717, 1.165) is 22.0 Å². The van der Waals surface area contributed by atoms with Crippen LogP contribution in [-0.4, -0.2) is 10.9 Å². The van der Waals surface area contributed by atoms with Crippen LogP contribution in [0.1, 0.15) is 9.49 Å². The number of hydrogen-bond donors (Lipinski definition) is 1. The lowest BCUT2D eigenvalue weighted by Crippen LogP contribution is -2.16. The summed E-state index contributed by atoms with van der Waals surface area (Å²) in [5, 5.41) is 5.09. The maximum Gasteiger partial charge on any atom is 0.241 e. The molecule has 0 unspecified atom stereocenters. The average Bonchev–Trinajstić information content (AvgIpc) is 2.55. The first-order valence-electron chi connectivity index (χ1n) is 6.58. The van der Waals surface area contributed by atoms with E-state index in [9.17, 15) is 4.79 Å². The predicted molar refractivity (Wildman–Crippen MR) is 93.6 cm³/mol. The zero-order chi connectivity index (χ0) is 14.7. The highest BCUT2D eigenvalue weighted by molar-refractivity contribution is 14.1. The van der Waals surface area contributed by atoms with Gasteiger partial charge in [-0.2, -0.15) is 0 Å². The molecule has 0 aliphatic heterocycles. The van der Waals surface area contributed by atoms with E-state index in [2.05, 4.69) is 32.9 Å². The molecule has 1 amide bonds. The van der Waals surface area contributed by atoms with Gasteiger partial charge in [0, 0.05) is 23.5 Å². The summed E-state index contributed by atoms with van der Waals surface area (Å²) in [6.45, 7) is 0. The van der Waals surface area contributed by atoms with E-state index in [1.165, 1.54) is 0 Å². The standard InChI is InChI=1S/C17H13IN2O/c18-16(12-4-2-1-3-5-12)17(21)20-15-7-6-14-11-19-9-8-13(14)10-15/h1-11,16H,(H,20,21)/t16-/m1/s1. The Balaban J connectivity index is 1.80. The summed E-state index contributed by atoms with van der Waals surface area (Å²) < 4.78 is -0.211. The molecule has 0 radical (unpaired) electrons. The van der Waals surface area contributed by atoms with Crippen LogP contribution in [-0.2, 0) is 4.79 Å². The quantitative estimate of drug-likeness (QED) is 0.536. The summed E-state index contributed by atoms with van der Waals surface area (Å²) in [6.07, 6.45) is 3.56. The smallest absolute Gasteiger partial charge is 0.241 e. The number of carbonyl (C=O) groups excluding carboxylic acids is 1. The van der Waals surface area contributed by atoms with Gasteiger partial charge in [0.15, 0.2) is 0 Å². The second kappa shape index (κ2) is 6.22. The van der Waals surface area contributed by atoms with Crippen molar-refractivity contribution in [3.8, 4) is 0 Å². The molecule has 3 aromatic rings. The number of nitrogens with zero attached hydrogens (tertiary/aromatic N) is 1. The molecule has 1 atom stereocenters. The number of benzene rings is 2. The second-order valence-electron chi connectivity index (χ2n) is 4.70. The largest absolute Gasteiger partial charge is 0.325 e. The van der Waals surface area contributed by atoms with Crippen molar-refractivity contribution in [2.45, 2.75) is 3.92 Å². The minimum absolute atomic E-state index is 0.0183. The predicted octanol–water partition coefficient (Wildman–Crippen LogP) is 4.35. The third-order valence-electron chi connectivity index (χ3n) is 3.23. The van der Waals surface area contributed by atoms with Gasteiger partial charge in [0.25, 0.3) is 0 Å². The summed E-state index contributed by atoms with van der Waals surface area (Å²) in [5.74, 6) is -0.0183. The lowest BCUT2D eigenvalue weighted by molar-refractivity contribution is -0.115. The van der Waals surface area contributed by atoms with E-state index >= 15 is 0 Å². The summed E-state index contributed by atoms with van der Waals surface area (Å²) in [6, 6.07) is 17.5. The highest BCUT2D eigenvalue weighted by Gasteiger charge is 2.16. The lowest BCUT2D eigenvalue weighted by Gasteiger charge is -2.11. The van der Waals surface area contributed by atoms with Crippen LogP contribution >= 0.6 is 22.6 Å². The number of aromatic nitrogens is 1. The van der Waals surface area contributed by atoms with Crippen LogP contribution in [0.4, 0.5) is 5.69 Å². The molecule has 2 aromatic carbocycles. The first-order valence-corrected chi connectivity index (χ1v) is 7.82. The number of halogens is 1. The highest BCUT2D eigenvalue weighted by atomic mass is 127. The molecule has 104 valence electrons. The van der Waals surface area contributed by atoms with Gasteiger partial charge in [-0.05, 0) is 29.1 Å². The van der Waals surface area contributed by atoms with Crippen LogP contribution in [0, 0.1) is 0 Å². The molecular weight excluding hydrogens is 375 g/mol. The molecule has 4 heteroatoms. The fraction of sp³-hybridized carbons (Fsp3) is 0.0588. The number of fused-ring (bicyclic) bond motifs is 1. The highest BCUT2D eigenvalue weighted by Crippen LogP contribution is 2.25. The first-order chi connectivity index (χ1) is 10.2. The van der Waals surface area contributed by atoms with E-state index in [1.54, 1.807) is 6.20 Å². The molecule has 3 nitrogen and oxygen atoms in total. The number of anilines is 1. The summed E-state index contributed by atoms with van der Waals surface area (Å²) in [4.78, 5) is 16.4. The van der Waals surface area contributed by atoms with Crippen LogP contribution in [0.3, 0.4) is 0 Å². The molecule has 0 aliphatic carbocycles. The minimum Gasteiger partial charge on any atom is -0.325 e. The van der Waals surface area contributed by atoms with Crippen molar-refractivity contribution in [1.82, 2.24) is 4.98 Å². The molecule has 0 fully saturated rings. The second-order valence-corrected chi connectivity index (χ2v) is 5.95. The maximum absolute atomic E-state index is 12.3. The van der Waals surface area contributed by atoms with Gasteiger partial charge in [-0.25, -0.2) is 0 Å². The Morgan fingerprint density at radius 3 is 2.67 bits per heavy atom. The van der Waals surface area contributed by atoms with E-state index < -0.39 is 0 Å². The summed E-state index contributed by atoms with van der Waals surface area (Å²) >= 11 is 2.16. The Morgan fingerprint density at radius 1 is 1.05 bits per heavy atom. The van der Waals surface area contributed by atoms with Gasteiger partial charge in [0.2, 0.25) is 5.91 Å². The molecule has 21 heavy (non-hydrogen) atoms. The number of amides is 1. The van der Waals surface area contributed by atoms with Crippen molar-refractivity contribution in [1.29, 1.82) is 0 Å².